The molecule has 0 spiro atoms. The number of unbranched alkanes of at least 4 members (excludes halogenated alkanes) is 1. The summed E-state index contributed by atoms with van der Waals surface area (Å²) in [6.07, 6.45) is 4.20. The number of rotatable bonds is 8. The molecule has 1 aromatic carbocycles. The van der Waals surface area contributed by atoms with Gasteiger partial charge in [-0.3, -0.25) is 0 Å². The van der Waals surface area contributed by atoms with E-state index in [-0.39, 0.29) is 0 Å². The van der Waals surface area contributed by atoms with Crippen LogP contribution in [0.2, 0.25) is 0 Å². The molecule has 1 rings (SSSR count). The lowest BCUT2D eigenvalue weighted by Crippen LogP contribution is -2.83. The van der Waals surface area contributed by atoms with Crippen LogP contribution in [0.15, 0.2) is 41.4 Å². The molecule has 0 aromatic heterocycles. The van der Waals surface area contributed by atoms with Gasteiger partial charge in [-0.05, 0) is 47.0 Å². The number of quaternary nitrogens is 1. The summed E-state index contributed by atoms with van der Waals surface area (Å²) in [6, 6.07) is 7.94. The van der Waals surface area contributed by atoms with Gasteiger partial charge in [0.05, 0.1) is 24.2 Å². The van der Waals surface area contributed by atoms with Gasteiger partial charge in [0.1, 0.15) is 5.75 Å². The maximum atomic E-state index is 5.66. The first-order chi connectivity index (χ1) is 7.84. The van der Waals surface area contributed by atoms with Crippen molar-refractivity contribution in [2.45, 2.75) is 12.8 Å². The minimum Gasteiger partial charge on any atom is -0.492 e. The first-order valence-corrected chi connectivity index (χ1v) is 6.44. The van der Waals surface area contributed by atoms with E-state index in [1.807, 2.05) is 30.3 Å². The molecule has 0 atom stereocenters. The molecule has 0 saturated heterocycles. The number of hydrogen-bond donors (Lipinski definition) is 1. The van der Waals surface area contributed by atoms with Gasteiger partial charge < -0.3 is 10.1 Å². The third-order valence-electron chi connectivity index (χ3n) is 2.23. The van der Waals surface area contributed by atoms with Crippen molar-refractivity contribution >= 4 is 15.9 Å². The van der Waals surface area contributed by atoms with Crippen molar-refractivity contribution in [3.05, 3.63) is 41.4 Å². The minimum absolute atomic E-state index is 0.782. The van der Waals surface area contributed by atoms with Gasteiger partial charge in [-0.1, -0.05) is 18.7 Å². The van der Waals surface area contributed by atoms with Crippen LogP contribution in [0.5, 0.6) is 5.75 Å². The van der Waals surface area contributed by atoms with E-state index in [1.54, 1.807) is 0 Å². The van der Waals surface area contributed by atoms with E-state index >= 15 is 0 Å². The minimum atomic E-state index is 0.782. The van der Waals surface area contributed by atoms with Crippen molar-refractivity contribution in [1.82, 2.24) is 0 Å². The monoisotopic (exact) mass is 284 g/mol. The fourth-order valence-corrected chi connectivity index (χ4v) is 1.77. The van der Waals surface area contributed by atoms with Crippen molar-refractivity contribution in [1.29, 1.82) is 0 Å². The van der Waals surface area contributed by atoms with Crippen LogP contribution in [0.1, 0.15) is 12.8 Å². The lowest BCUT2D eigenvalue weighted by molar-refractivity contribution is -0.646. The van der Waals surface area contributed by atoms with E-state index in [1.165, 1.54) is 6.42 Å². The average Bonchev–Trinajstić information content (AvgIpc) is 2.30. The SMILES string of the molecule is C=CC[NH2+]CCCCOc1ccccc1Br. The molecule has 0 aliphatic carbocycles. The summed E-state index contributed by atoms with van der Waals surface area (Å²) in [5.74, 6) is 0.928. The molecule has 0 heterocycles. The fraction of sp³-hybridized carbons (Fsp3) is 0.385. The molecule has 3 heteroatoms. The quantitative estimate of drug-likeness (QED) is 0.576. The summed E-state index contributed by atoms with van der Waals surface area (Å²) in [6.45, 7) is 6.61. The smallest absolute Gasteiger partial charge is 0.133 e. The molecule has 2 N–H and O–H groups in total. The Kier molecular flexibility index (Phi) is 6.93. The van der Waals surface area contributed by atoms with Crippen molar-refractivity contribution in [2.24, 2.45) is 0 Å². The largest absolute Gasteiger partial charge is 0.492 e. The highest BCUT2D eigenvalue weighted by Crippen LogP contribution is 2.23. The van der Waals surface area contributed by atoms with Crippen LogP contribution in [0.25, 0.3) is 0 Å². The number of hydrogen-bond acceptors (Lipinski definition) is 1. The molecule has 0 bridgehead atoms. The highest BCUT2D eigenvalue weighted by Gasteiger charge is 1.98. The standard InChI is InChI=1S/C13H18BrNO/c1-2-9-15-10-5-6-11-16-13-8-4-3-7-12(13)14/h2-4,7-8,15H,1,5-6,9-11H2/p+1. The van der Waals surface area contributed by atoms with Crippen LogP contribution >= 0.6 is 15.9 Å². The van der Waals surface area contributed by atoms with Crippen LogP contribution in [0.4, 0.5) is 0 Å². The Morgan fingerprint density at radius 1 is 1.31 bits per heavy atom. The first-order valence-electron chi connectivity index (χ1n) is 5.64. The highest BCUT2D eigenvalue weighted by molar-refractivity contribution is 9.10. The average molecular weight is 285 g/mol. The first kappa shape index (κ1) is 13.3. The van der Waals surface area contributed by atoms with E-state index < -0.39 is 0 Å². The lowest BCUT2D eigenvalue weighted by Gasteiger charge is -2.07. The second-order valence-corrected chi connectivity index (χ2v) is 4.44. The zero-order valence-corrected chi connectivity index (χ0v) is 11.1. The lowest BCUT2D eigenvalue weighted by atomic mass is 10.3. The molecule has 0 aliphatic heterocycles. The molecule has 0 unspecified atom stereocenters. The van der Waals surface area contributed by atoms with Crippen molar-refractivity contribution in [2.75, 3.05) is 19.7 Å². The number of halogens is 1. The molecule has 0 fully saturated rings. The van der Waals surface area contributed by atoms with Crippen molar-refractivity contribution < 1.29 is 10.1 Å². The second kappa shape index (κ2) is 8.36. The van der Waals surface area contributed by atoms with E-state index in [0.29, 0.717) is 0 Å². The van der Waals surface area contributed by atoms with Gasteiger partial charge in [-0.15, -0.1) is 0 Å². The van der Waals surface area contributed by atoms with Crippen molar-refractivity contribution in [3.8, 4) is 5.75 Å². The molecule has 88 valence electrons. The Morgan fingerprint density at radius 2 is 2.12 bits per heavy atom. The number of ether oxygens (including phenoxy) is 1. The van der Waals surface area contributed by atoms with Gasteiger partial charge in [0.15, 0.2) is 0 Å². The summed E-state index contributed by atoms with van der Waals surface area (Å²) >= 11 is 3.46. The Balaban J connectivity index is 2.07. The summed E-state index contributed by atoms with van der Waals surface area (Å²) in [4.78, 5) is 0. The third-order valence-corrected chi connectivity index (χ3v) is 2.89. The molecular formula is C13H19BrNO+. The Labute approximate surface area is 106 Å². The van der Waals surface area contributed by atoms with Gasteiger partial charge in [-0.2, -0.15) is 0 Å². The van der Waals surface area contributed by atoms with Gasteiger partial charge in [0.25, 0.3) is 0 Å². The highest BCUT2D eigenvalue weighted by atomic mass is 79.9. The Hall–Kier alpha value is -0.800. The van der Waals surface area contributed by atoms with Crippen LogP contribution in [0, 0.1) is 0 Å². The second-order valence-electron chi connectivity index (χ2n) is 3.59. The third kappa shape index (κ3) is 5.33. The number of nitrogens with two attached hydrogens (primary N) is 1. The molecule has 0 radical (unpaired) electrons. The van der Waals surface area contributed by atoms with E-state index in [0.717, 1.165) is 36.3 Å². The number of para-hydroxylation sites is 1. The molecule has 0 saturated carbocycles. The maximum absolute atomic E-state index is 5.66. The number of benzene rings is 1. The fourth-order valence-electron chi connectivity index (χ4n) is 1.37. The maximum Gasteiger partial charge on any atom is 0.133 e. The van der Waals surface area contributed by atoms with Gasteiger partial charge >= 0.3 is 0 Å². The Bertz CT molecular complexity index is 315. The van der Waals surface area contributed by atoms with Gasteiger partial charge in [0.2, 0.25) is 0 Å². The van der Waals surface area contributed by atoms with Crippen LogP contribution < -0.4 is 10.1 Å². The Morgan fingerprint density at radius 3 is 2.88 bits per heavy atom. The summed E-state index contributed by atoms with van der Waals surface area (Å²) < 4.78 is 6.68. The van der Waals surface area contributed by atoms with Gasteiger partial charge in [-0.25, -0.2) is 0 Å². The molecule has 1 aromatic rings. The van der Waals surface area contributed by atoms with Crippen LogP contribution in [-0.2, 0) is 0 Å². The van der Waals surface area contributed by atoms with E-state index in [4.69, 9.17) is 4.74 Å². The van der Waals surface area contributed by atoms with Crippen LogP contribution in [-0.4, -0.2) is 19.7 Å². The predicted octanol–water partition coefficient (Wildman–Crippen LogP) is 2.36. The van der Waals surface area contributed by atoms with E-state index in [2.05, 4.69) is 27.8 Å². The summed E-state index contributed by atoms with van der Waals surface area (Å²) in [7, 11) is 0. The normalized spacial score (nSPS) is 10.1. The van der Waals surface area contributed by atoms with Gasteiger partial charge in [0, 0.05) is 0 Å². The molecule has 0 amide bonds. The zero-order valence-electron chi connectivity index (χ0n) is 9.49. The van der Waals surface area contributed by atoms with Crippen LogP contribution in [0.3, 0.4) is 0 Å². The topological polar surface area (TPSA) is 25.8 Å². The zero-order chi connectivity index (χ0) is 11.6. The molecular weight excluding hydrogens is 266 g/mol. The molecule has 16 heavy (non-hydrogen) atoms. The molecule has 2 nitrogen and oxygen atoms in total. The van der Waals surface area contributed by atoms with E-state index in [9.17, 15) is 0 Å². The van der Waals surface area contributed by atoms with Crippen molar-refractivity contribution in [3.63, 3.8) is 0 Å². The summed E-state index contributed by atoms with van der Waals surface area (Å²) in [5, 5.41) is 2.26. The summed E-state index contributed by atoms with van der Waals surface area (Å²) in [5.41, 5.74) is 0. The molecule has 0 aliphatic rings. The predicted molar refractivity (Wildman–Crippen MR) is 70.7 cm³/mol.